The molecule has 5 heteroatoms. The first kappa shape index (κ1) is 13.8. The fraction of sp³-hybridized carbons (Fsp3) is 0.118. The predicted molar refractivity (Wildman–Crippen MR) is 81.9 cm³/mol. The van der Waals surface area contributed by atoms with Crippen molar-refractivity contribution in [3.8, 4) is 17.5 Å². The smallest absolute Gasteiger partial charge is 0.186 e. The standard InChI is InChI=1S/C17H14N4O/c1-22-17-10-6-5-9-15(17)21-16(14(12-18)19-20-21)11-13-7-3-2-4-8-13/h2-10H,11H2,1H3. The Balaban J connectivity index is 2.10. The number of nitriles is 1. The average Bonchev–Trinajstić information content (AvgIpc) is 2.98. The maximum absolute atomic E-state index is 9.29. The summed E-state index contributed by atoms with van der Waals surface area (Å²) in [6, 6.07) is 19.6. The quantitative estimate of drug-likeness (QED) is 0.741. The van der Waals surface area contributed by atoms with Crippen LogP contribution < -0.4 is 4.74 Å². The average molecular weight is 290 g/mol. The van der Waals surface area contributed by atoms with Gasteiger partial charge in [0.15, 0.2) is 5.69 Å². The highest BCUT2D eigenvalue weighted by atomic mass is 16.5. The Hall–Kier alpha value is -3.13. The summed E-state index contributed by atoms with van der Waals surface area (Å²) < 4.78 is 7.05. The summed E-state index contributed by atoms with van der Waals surface area (Å²) in [5.74, 6) is 0.686. The van der Waals surface area contributed by atoms with Gasteiger partial charge in [0.1, 0.15) is 17.5 Å². The molecular formula is C17H14N4O. The number of aromatic nitrogens is 3. The Kier molecular flexibility index (Phi) is 3.84. The Morgan fingerprint density at radius 2 is 1.82 bits per heavy atom. The number of ether oxygens (including phenoxy) is 1. The molecule has 0 spiro atoms. The summed E-state index contributed by atoms with van der Waals surface area (Å²) in [4.78, 5) is 0. The fourth-order valence-corrected chi connectivity index (χ4v) is 2.33. The fourth-order valence-electron chi connectivity index (χ4n) is 2.33. The summed E-state index contributed by atoms with van der Waals surface area (Å²) >= 11 is 0. The highest BCUT2D eigenvalue weighted by molar-refractivity contribution is 5.48. The molecule has 1 aromatic heterocycles. The second-order valence-corrected chi connectivity index (χ2v) is 4.74. The van der Waals surface area contributed by atoms with Gasteiger partial charge in [-0.3, -0.25) is 0 Å². The summed E-state index contributed by atoms with van der Waals surface area (Å²) in [7, 11) is 1.61. The molecule has 0 bridgehead atoms. The zero-order valence-corrected chi connectivity index (χ0v) is 12.1. The van der Waals surface area contributed by atoms with E-state index in [2.05, 4.69) is 16.4 Å². The lowest BCUT2D eigenvalue weighted by Crippen LogP contribution is -2.06. The van der Waals surface area contributed by atoms with Gasteiger partial charge in [-0.05, 0) is 17.7 Å². The molecule has 0 aliphatic carbocycles. The van der Waals surface area contributed by atoms with Crippen LogP contribution in [0.2, 0.25) is 0 Å². The van der Waals surface area contributed by atoms with E-state index in [0.29, 0.717) is 17.9 Å². The molecule has 0 aliphatic heterocycles. The van der Waals surface area contributed by atoms with Crippen LogP contribution in [0.15, 0.2) is 54.6 Å². The van der Waals surface area contributed by atoms with Gasteiger partial charge in [-0.25, -0.2) is 4.68 Å². The van der Waals surface area contributed by atoms with E-state index in [9.17, 15) is 5.26 Å². The molecule has 2 aromatic carbocycles. The first-order valence-electron chi connectivity index (χ1n) is 6.85. The van der Waals surface area contributed by atoms with Crippen molar-refractivity contribution in [3.05, 3.63) is 71.5 Å². The van der Waals surface area contributed by atoms with Crippen LogP contribution >= 0.6 is 0 Å². The van der Waals surface area contributed by atoms with Crippen molar-refractivity contribution in [2.24, 2.45) is 0 Å². The molecule has 22 heavy (non-hydrogen) atoms. The van der Waals surface area contributed by atoms with Crippen molar-refractivity contribution >= 4 is 0 Å². The molecule has 0 radical (unpaired) electrons. The predicted octanol–water partition coefficient (Wildman–Crippen LogP) is 2.74. The van der Waals surface area contributed by atoms with Gasteiger partial charge < -0.3 is 4.74 Å². The minimum atomic E-state index is 0.328. The lowest BCUT2D eigenvalue weighted by atomic mass is 10.1. The van der Waals surface area contributed by atoms with Crippen molar-refractivity contribution in [1.29, 1.82) is 5.26 Å². The van der Waals surface area contributed by atoms with Gasteiger partial charge in [0.2, 0.25) is 0 Å². The number of rotatable bonds is 4. The van der Waals surface area contributed by atoms with E-state index in [1.54, 1.807) is 11.8 Å². The van der Waals surface area contributed by atoms with Crippen molar-refractivity contribution in [2.75, 3.05) is 7.11 Å². The molecule has 0 aliphatic rings. The van der Waals surface area contributed by atoms with Crippen molar-refractivity contribution < 1.29 is 4.74 Å². The van der Waals surface area contributed by atoms with E-state index in [0.717, 1.165) is 16.9 Å². The monoisotopic (exact) mass is 290 g/mol. The molecule has 108 valence electrons. The van der Waals surface area contributed by atoms with Gasteiger partial charge in [0.05, 0.1) is 12.8 Å². The molecular weight excluding hydrogens is 276 g/mol. The lowest BCUT2D eigenvalue weighted by Gasteiger charge is -2.10. The van der Waals surface area contributed by atoms with Crippen LogP contribution in [0.1, 0.15) is 17.0 Å². The molecule has 3 rings (SSSR count). The minimum absolute atomic E-state index is 0.328. The number of para-hydroxylation sites is 2. The third kappa shape index (κ3) is 2.54. The Morgan fingerprint density at radius 1 is 1.09 bits per heavy atom. The molecule has 0 saturated heterocycles. The number of hydrogen-bond acceptors (Lipinski definition) is 4. The van der Waals surface area contributed by atoms with Gasteiger partial charge in [-0.1, -0.05) is 47.7 Å². The van der Waals surface area contributed by atoms with Crippen LogP contribution in [0.5, 0.6) is 5.75 Å². The maximum atomic E-state index is 9.29. The van der Waals surface area contributed by atoms with Gasteiger partial charge in [-0.2, -0.15) is 5.26 Å². The van der Waals surface area contributed by atoms with Gasteiger partial charge in [-0.15, -0.1) is 5.10 Å². The minimum Gasteiger partial charge on any atom is -0.494 e. The van der Waals surface area contributed by atoms with Gasteiger partial charge in [0.25, 0.3) is 0 Å². The topological polar surface area (TPSA) is 63.7 Å². The van der Waals surface area contributed by atoms with E-state index in [1.807, 2.05) is 54.6 Å². The Labute approximate surface area is 128 Å². The van der Waals surface area contributed by atoms with Crippen molar-refractivity contribution in [2.45, 2.75) is 6.42 Å². The van der Waals surface area contributed by atoms with E-state index in [-0.39, 0.29) is 0 Å². The van der Waals surface area contributed by atoms with E-state index in [4.69, 9.17) is 4.74 Å². The largest absolute Gasteiger partial charge is 0.494 e. The maximum Gasteiger partial charge on any atom is 0.186 e. The third-order valence-corrected chi connectivity index (χ3v) is 3.40. The van der Waals surface area contributed by atoms with Crippen LogP contribution in [0, 0.1) is 11.3 Å². The molecule has 0 N–H and O–H groups in total. The lowest BCUT2D eigenvalue weighted by molar-refractivity contribution is 0.411. The van der Waals surface area contributed by atoms with E-state index in [1.165, 1.54) is 0 Å². The third-order valence-electron chi connectivity index (χ3n) is 3.40. The van der Waals surface area contributed by atoms with Crippen LogP contribution in [-0.4, -0.2) is 22.1 Å². The molecule has 5 nitrogen and oxygen atoms in total. The van der Waals surface area contributed by atoms with Crippen LogP contribution in [0.25, 0.3) is 5.69 Å². The highest BCUT2D eigenvalue weighted by Gasteiger charge is 2.16. The summed E-state index contributed by atoms with van der Waals surface area (Å²) in [6.45, 7) is 0. The second kappa shape index (κ2) is 6.10. The SMILES string of the molecule is COc1ccccc1-n1nnc(C#N)c1Cc1ccccc1. The summed E-state index contributed by atoms with van der Waals surface area (Å²) in [5, 5.41) is 17.4. The van der Waals surface area contributed by atoms with E-state index >= 15 is 0 Å². The zero-order chi connectivity index (χ0) is 15.4. The molecule has 0 amide bonds. The molecule has 3 aromatic rings. The second-order valence-electron chi connectivity index (χ2n) is 4.74. The zero-order valence-electron chi connectivity index (χ0n) is 12.1. The molecule has 0 unspecified atom stereocenters. The highest BCUT2D eigenvalue weighted by Crippen LogP contribution is 2.24. The van der Waals surface area contributed by atoms with Crippen LogP contribution in [0.4, 0.5) is 0 Å². The Morgan fingerprint density at radius 3 is 2.55 bits per heavy atom. The number of nitrogens with zero attached hydrogens (tertiary/aromatic N) is 4. The number of methoxy groups -OCH3 is 1. The molecule has 1 heterocycles. The molecule has 0 fully saturated rings. The van der Waals surface area contributed by atoms with Gasteiger partial charge >= 0.3 is 0 Å². The Bertz CT molecular complexity index is 818. The van der Waals surface area contributed by atoms with Gasteiger partial charge in [0, 0.05) is 6.42 Å². The molecule has 0 saturated carbocycles. The van der Waals surface area contributed by atoms with E-state index < -0.39 is 0 Å². The number of benzene rings is 2. The summed E-state index contributed by atoms with van der Waals surface area (Å²) in [5.41, 5.74) is 2.94. The van der Waals surface area contributed by atoms with Crippen LogP contribution in [0.3, 0.4) is 0 Å². The number of hydrogen-bond donors (Lipinski definition) is 0. The van der Waals surface area contributed by atoms with Crippen LogP contribution in [-0.2, 0) is 6.42 Å². The van der Waals surface area contributed by atoms with Crippen molar-refractivity contribution in [3.63, 3.8) is 0 Å². The normalized spacial score (nSPS) is 10.2. The molecule has 0 atom stereocenters. The van der Waals surface area contributed by atoms with Crippen molar-refractivity contribution in [1.82, 2.24) is 15.0 Å². The summed E-state index contributed by atoms with van der Waals surface area (Å²) in [6.07, 6.45) is 0.578. The first-order chi connectivity index (χ1) is 10.8. The first-order valence-corrected chi connectivity index (χ1v) is 6.85.